The average molecular weight is 403 g/mol. The lowest BCUT2D eigenvalue weighted by Gasteiger charge is -2.16. The predicted molar refractivity (Wildman–Crippen MR) is 110 cm³/mol. The molecule has 2 heterocycles. The van der Waals surface area contributed by atoms with E-state index in [0.29, 0.717) is 11.0 Å². The Morgan fingerprint density at radius 2 is 2.12 bits per heavy atom. The summed E-state index contributed by atoms with van der Waals surface area (Å²) in [6.45, 7) is 2.28. The van der Waals surface area contributed by atoms with Gasteiger partial charge in [0, 0.05) is 27.4 Å². The molecular weight excluding hydrogens is 384 g/mol. The highest BCUT2D eigenvalue weighted by atomic mass is 35.5. The number of amides is 1. The Balaban J connectivity index is 1.42. The summed E-state index contributed by atoms with van der Waals surface area (Å²) in [4.78, 5) is 20.2. The van der Waals surface area contributed by atoms with Crippen molar-refractivity contribution in [1.82, 2.24) is 4.98 Å². The number of hydrogen-bond donors (Lipinski definition) is 1. The lowest BCUT2D eigenvalue weighted by Crippen LogP contribution is -2.10. The van der Waals surface area contributed by atoms with Gasteiger partial charge >= 0.3 is 0 Å². The van der Waals surface area contributed by atoms with Crippen LogP contribution >= 0.6 is 34.3 Å². The largest absolute Gasteiger partial charge is 0.297 e. The van der Waals surface area contributed by atoms with Gasteiger partial charge in [-0.25, -0.2) is 4.98 Å². The maximum Gasteiger partial charge on any atom is 0.267 e. The molecule has 1 aromatic carbocycles. The van der Waals surface area contributed by atoms with Gasteiger partial charge in [-0.2, -0.15) is 0 Å². The van der Waals surface area contributed by atoms with Gasteiger partial charge in [0.05, 0.1) is 4.88 Å². The van der Waals surface area contributed by atoms with Crippen molar-refractivity contribution in [2.45, 2.75) is 32.6 Å². The van der Waals surface area contributed by atoms with Crippen LogP contribution in [0.4, 0.5) is 5.13 Å². The molecule has 0 unspecified atom stereocenters. The van der Waals surface area contributed by atoms with Crippen LogP contribution in [0.25, 0.3) is 0 Å². The van der Waals surface area contributed by atoms with Gasteiger partial charge in [-0.15, -0.1) is 22.7 Å². The van der Waals surface area contributed by atoms with Crippen LogP contribution in [0.1, 0.15) is 43.9 Å². The van der Waals surface area contributed by atoms with Crippen LogP contribution < -0.4 is 5.32 Å². The predicted octanol–water partition coefficient (Wildman–Crippen LogP) is 5.83. The van der Waals surface area contributed by atoms with E-state index in [4.69, 9.17) is 11.6 Å². The van der Waals surface area contributed by atoms with Gasteiger partial charge in [-0.3, -0.25) is 10.1 Å². The lowest BCUT2D eigenvalue weighted by molar-refractivity contribution is 0.103. The molecule has 0 fully saturated rings. The number of aromatic nitrogens is 1. The Hall–Kier alpha value is -1.69. The quantitative estimate of drug-likeness (QED) is 0.596. The van der Waals surface area contributed by atoms with Crippen LogP contribution in [-0.4, -0.2) is 10.9 Å². The highest BCUT2D eigenvalue weighted by molar-refractivity contribution is 7.16. The normalized spacial score (nSPS) is 16.3. The maximum atomic E-state index is 12.6. The molecule has 26 heavy (non-hydrogen) atoms. The highest BCUT2D eigenvalue weighted by Crippen LogP contribution is 2.32. The number of nitrogens with one attached hydrogen (secondary N) is 1. The zero-order valence-electron chi connectivity index (χ0n) is 14.4. The minimum Gasteiger partial charge on any atom is -0.297 e. The van der Waals surface area contributed by atoms with Gasteiger partial charge in [-0.05, 0) is 54.5 Å². The third-order valence-corrected chi connectivity index (χ3v) is 7.02. The number of thiophene rings is 1. The van der Waals surface area contributed by atoms with E-state index in [2.05, 4.69) is 23.3 Å². The summed E-state index contributed by atoms with van der Waals surface area (Å²) >= 11 is 9.07. The van der Waals surface area contributed by atoms with E-state index < -0.39 is 0 Å². The number of nitrogens with zero attached hydrogens (tertiary/aromatic N) is 1. The Bertz CT molecular complexity index is 930. The first-order valence-electron chi connectivity index (χ1n) is 8.69. The second-order valence-corrected chi connectivity index (χ2v) is 9.48. The van der Waals surface area contributed by atoms with Crippen LogP contribution in [-0.2, 0) is 19.3 Å². The number of carbonyl (C=O) groups excluding carboxylic acids is 1. The monoisotopic (exact) mass is 402 g/mol. The van der Waals surface area contributed by atoms with Crippen molar-refractivity contribution in [3.63, 3.8) is 0 Å². The van der Waals surface area contributed by atoms with Gasteiger partial charge in [0.25, 0.3) is 5.91 Å². The molecular formula is C20H19ClN2OS2. The summed E-state index contributed by atoms with van der Waals surface area (Å²) in [5, 5.41) is 4.34. The highest BCUT2D eigenvalue weighted by Gasteiger charge is 2.21. The Morgan fingerprint density at radius 3 is 2.92 bits per heavy atom. The molecule has 1 amide bonds. The number of hydrogen-bond acceptors (Lipinski definition) is 4. The van der Waals surface area contributed by atoms with E-state index in [1.54, 1.807) is 11.3 Å². The van der Waals surface area contributed by atoms with Crippen molar-refractivity contribution in [2.75, 3.05) is 5.32 Å². The van der Waals surface area contributed by atoms with Crippen molar-refractivity contribution in [3.05, 3.63) is 67.3 Å². The first-order chi connectivity index (χ1) is 12.6. The van der Waals surface area contributed by atoms with Crippen LogP contribution in [0.5, 0.6) is 0 Å². The topological polar surface area (TPSA) is 42.0 Å². The van der Waals surface area contributed by atoms with E-state index in [-0.39, 0.29) is 5.91 Å². The fourth-order valence-electron chi connectivity index (χ4n) is 3.23. The van der Waals surface area contributed by atoms with E-state index in [1.807, 2.05) is 30.5 Å². The Kier molecular flexibility index (Phi) is 5.11. The zero-order valence-corrected chi connectivity index (χ0v) is 16.8. The van der Waals surface area contributed by atoms with Crippen LogP contribution in [0.2, 0.25) is 5.02 Å². The minimum atomic E-state index is -0.0514. The summed E-state index contributed by atoms with van der Waals surface area (Å²) in [7, 11) is 0. The van der Waals surface area contributed by atoms with Crippen molar-refractivity contribution < 1.29 is 4.79 Å². The molecule has 0 aliphatic heterocycles. The summed E-state index contributed by atoms with van der Waals surface area (Å²) in [6.07, 6.45) is 6.01. The zero-order chi connectivity index (χ0) is 18.1. The summed E-state index contributed by atoms with van der Waals surface area (Å²) in [6, 6.07) is 9.86. The molecule has 0 saturated carbocycles. The summed E-state index contributed by atoms with van der Waals surface area (Å²) in [5.41, 5.74) is 2.53. The average Bonchev–Trinajstić information content (AvgIpc) is 3.23. The molecule has 1 aliphatic carbocycles. The van der Waals surface area contributed by atoms with Crippen LogP contribution in [0, 0.1) is 5.92 Å². The lowest BCUT2D eigenvalue weighted by atomic mass is 9.90. The molecule has 4 rings (SSSR count). The standard InChI is InChI=1S/C20H19ClN2OS2/c1-12-2-7-17-14(8-12)10-18(26-17)19(24)23-20-22-11-16(25-20)9-13-3-5-15(21)6-4-13/h3-6,10-12H,2,7-9H2,1H3,(H,22,23,24)/t12-/m0/s1. The molecule has 1 atom stereocenters. The fraction of sp³-hybridized carbons (Fsp3) is 0.300. The van der Waals surface area contributed by atoms with Crippen molar-refractivity contribution in [2.24, 2.45) is 5.92 Å². The number of aryl methyl sites for hydroxylation is 1. The maximum absolute atomic E-state index is 12.6. The molecule has 1 N–H and O–H groups in total. The van der Waals surface area contributed by atoms with Gasteiger partial charge in [-0.1, -0.05) is 30.7 Å². The number of rotatable bonds is 4. The minimum absolute atomic E-state index is 0.0514. The molecule has 0 spiro atoms. The smallest absolute Gasteiger partial charge is 0.267 e. The van der Waals surface area contributed by atoms with E-state index >= 15 is 0 Å². The Morgan fingerprint density at radius 1 is 1.31 bits per heavy atom. The first kappa shape index (κ1) is 17.7. The van der Waals surface area contributed by atoms with Crippen molar-refractivity contribution in [3.8, 4) is 0 Å². The number of carbonyl (C=O) groups is 1. The number of fused-ring (bicyclic) bond motifs is 1. The summed E-state index contributed by atoms with van der Waals surface area (Å²) < 4.78 is 0. The second-order valence-electron chi connectivity index (χ2n) is 6.80. The molecule has 0 bridgehead atoms. The Labute approximate surface area is 166 Å². The third-order valence-electron chi connectivity index (χ3n) is 4.62. The molecule has 2 aromatic heterocycles. The molecule has 0 radical (unpaired) electrons. The number of thiazole rings is 1. The van der Waals surface area contributed by atoms with Gasteiger partial charge in [0.2, 0.25) is 0 Å². The SMILES string of the molecule is C[C@H]1CCc2sc(C(=O)Nc3ncc(Cc4ccc(Cl)cc4)s3)cc2C1. The number of anilines is 1. The van der Waals surface area contributed by atoms with Crippen molar-refractivity contribution >= 4 is 45.3 Å². The number of benzene rings is 1. The molecule has 134 valence electrons. The van der Waals surface area contributed by atoms with E-state index in [0.717, 1.165) is 34.0 Å². The van der Waals surface area contributed by atoms with Gasteiger partial charge in [0.1, 0.15) is 0 Å². The van der Waals surface area contributed by atoms with Gasteiger partial charge < -0.3 is 0 Å². The number of halogens is 1. The second kappa shape index (κ2) is 7.51. The molecule has 0 saturated heterocycles. The summed E-state index contributed by atoms with van der Waals surface area (Å²) in [5.74, 6) is 0.659. The van der Waals surface area contributed by atoms with Crippen molar-refractivity contribution in [1.29, 1.82) is 0 Å². The van der Waals surface area contributed by atoms with Gasteiger partial charge in [0.15, 0.2) is 5.13 Å². The van der Waals surface area contributed by atoms with E-state index in [1.165, 1.54) is 33.8 Å². The molecule has 1 aliphatic rings. The van der Waals surface area contributed by atoms with E-state index in [9.17, 15) is 4.79 Å². The fourth-order valence-corrected chi connectivity index (χ4v) is 5.30. The molecule has 3 nitrogen and oxygen atoms in total. The molecule has 3 aromatic rings. The third kappa shape index (κ3) is 4.00. The molecule has 6 heteroatoms. The first-order valence-corrected chi connectivity index (χ1v) is 10.7. The van der Waals surface area contributed by atoms with Crippen LogP contribution in [0.3, 0.4) is 0 Å². The van der Waals surface area contributed by atoms with Crippen LogP contribution in [0.15, 0.2) is 36.5 Å².